The number of thioether (sulfide) groups is 1. The van der Waals surface area contributed by atoms with Gasteiger partial charge >= 0.3 is 0 Å². The molecule has 2 aromatic rings. The second kappa shape index (κ2) is 9.86. The summed E-state index contributed by atoms with van der Waals surface area (Å²) in [6.45, 7) is 2.04. The number of benzene rings is 2. The number of nitrogens with one attached hydrogen (secondary N) is 1. The van der Waals surface area contributed by atoms with E-state index in [4.69, 9.17) is 18.9 Å². The number of methoxy groups -OCH3 is 1. The van der Waals surface area contributed by atoms with Crippen molar-refractivity contribution in [3.63, 3.8) is 0 Å². The zero-order chi connectivity index (χ0) is 23.4. The first-order valence-electron chi connectivity index (χ1n) is 10.1. The van der Waals surface area contributed by atoms with Crippen LogP contribution in [0.15, 0.2) is 41.3 Å². The third-order valence-corrected chi connectivity index (χ3v) is 5.81. The molecule has 0 spiro atoms. The summed E-state index contributed by atoms with van der Waals surface area (Å²) < 4.78 is 21.4. The van der Waals surface area contributed by atoms with Crippen LogP contribution in [0.5, 0.6) is 23.0 Å². The first-order valence-corrected chi connectivity index (χ1v) is 11.0. The fourth-order valence-corrected chi connectivity index (χ4v) is 4.11. The average molecular weight is 471 g/mol. The molecule has 0 radical (unpaired) electrons. The Labute approximate surface area is 194 Å². The minimum absolute atomic E-state index is 0.0583. The first-order chi connectivity index (χ1) is 15.9. The Hall–Kier alpha value is -3.66. The summed E-state index contributed by atoms with van der Waals surface area (Å²) >= 11 is 0.857. The fraction of sp³-hybridized carbons (Fsp3) is 0.261. The summed E-state index contributed by atoms with van der Waals surface area (Å²) in [5.74, 6) is 1.45. The summed E-state index contributed by atoms with van der Waals surface area (Å²) in [4.78, 5) is 38.5. The predicted octanol–water partition coefficient (Wildman–Crippen LogP) is 2.96. The highest BCUT2D eigenvalue weighted by molar-refractivity contribution is 8.18. The average Bonchev–Trinajstić information content (AvgIpc) is 3.37. The Kier molecular flexibility index (Phi) is 6.74. The van der Waals surface area contributed by atoms with E-state index >= 15 is 0 Å². The van der Waals surface area contributed by atoms with Crippen LogP contribution >= 0.6 is 11.8 Å². The molecule has 1 fully saturated rings. The topological polar surface area (TPSA) is 103 Å². The molecule has 0 aliphatic carbocycles. The SMILES string of the molecule is COc1cc(C)ccc1OCC(=O)NCCN1C(=O)S/C(=C/c2ccc3c(c2)OCO3)C1=O. The molecule has 0 atom stereocenters. The number of nitrogens with zero attached hydrogens (tertiary/aromatic N) is 1. The molecule has 1 N–H and O–H groups in total. The Morgan fingerprint density at radius 3 is 2.79 bits per heavy atom. The molecule has 172 valence electrons. The maximum absolute atomic E-state index is 12.6. The van der Waals surface area contributed by atoms with Crippen molar-refractivity contribution < 1.29 is 33.3 Å². The molecule has 1 saturated heterocycles. The predicted molar refractivity (Wildman–Crippen MR) is 121 cm³/mol. The van der Waals surface area contributed by atoms with Crippen molar-refractivity contribution in [1.82, 2.24) is 10.2 Å². The highest BCUT2D eigenvalue weighted by atomic mass is 32.2. The minimum atomic E-state index is -0.405. The maximum atomic E-state index is 12.6. The summed E-state index contributed by atoms with van der Waals surface area (Å²) in [6.07, 6.45) is 1.63. The lowest BCUT2D eigenvalue weighted by molar-refractivity contribution is -0.125. The monoisotopic (exact) mass is 470 g/mol. The number of amides is 3. The summed E-state index contributed by atoms with van der Waals surface area (Å²) in [5, 5.41) is 2.27. The molecular formula is C23H22N2O7S. The molecule has 0 unspecified atom stereocenters. The van der Waals surface area contributed by atoms with Gasteiger partial charge in [0.05, 0.1) is 12.0 Å². The second-order valence-electron chi connectivity index (χ2n) is 7.24. The fourth-order valence-electron chi connectivity index (χ4n) is 3.24. The van der Waals surface area contributed by atoms with Crippen molar-refractivity contribution in [3.8, 4) is 23.0 Å². The van der Waals surface area contributed by atoms with Crippen LogP contribution in [0.1, 0.15) is 11.1 Å². The molecule has 3 amide bonds. The van der Waals surface area contributed by atoms with Gasteiger partial charge in [-0.05, 0) is 60.2 Å². The van der Waals surface area contributed by atoms with Crippen molar-refractivity contribution in [2.75, 3.05) is 33.6 Å². The molecule has 2 aliphatic heterocycles. The number of carbonyl (C=O) groups is 3. The van der Waals surface area contributed by atoms with Gasteiger partial charge < -0.3 is 24.3 Å². The van der Waals surface area contributed by atoms with Crippen LogP contribution in [-0.4, -0.2) is 55.6 Å². The van der Waals surface area contributed by atoms with Crippen LogP contribution in [0.2, 0.25) is 0 Å². The van der Waals surface area contributed by atoms with Crippen molar-refractivity contribution in [3.05, 3.63) is 52.4 Å². The zero-order valence-corrected chi connectivity index (χ0v) is 18.9. The first kappa shape index (κ1) is 22.5. The van der Waals surface area contributed by atoms with E-state index in [2.05, 4.69) is 5.32 Å². The lowest BCUT2D eigenvalue weighted by Crippen LogP contribution is -2.38. The van der Waals surface area contributed by atoms with E-state index in [-0.39, 0.29) is 37.6 Å². The molecule has 0 bridgehead atoms. The van der Waals surface area contributed by atoms with Crippen LogP contribution in [-0.2, 0) is 9.59 Å². The Bertz CT molecular complexity index is 1130. The van der Waals surface area contributed by atoms with E-state index < -0.39 is 5.91 Å². The van der Waals surface area contributed by atoms with Crippen LogP contribution in [0.4, 0.5) is 4.79 Å². The summed E-state index contributed by atoms with van der Waals surface area (Å²) in [6, 6.07) is 10.7. The number of fused-ring (bicyclic) bond motifs is 1. The largest absolute Gasteiger partial charge is 0.493 e. The van der Waals surface area contributed by atoms with E-state index in [0.29, 0.717) is 27.9 Å². The van der Waals surface area contributed by atoms with Gasteiger partial charge in [0, 0.05) is 13.1 Å². The van der Waals surface area contributed by atoms with Crippen LogP contribution in [0.3, 0.4) is 0 Å². The number of carbonyl (C=O) groups excluding carboxylic acids is 3. The zero-order valence-electron chi connectivity index (χ0n) is 18.1. The molecular weight excluding hydrogens is 448 g/mol. The maximum Gasteiger partial charge on any atom is 0.293 e. The van der Waals surface area contributed by atoms with Gasteiger partial charge in [0.1, 0.15) is 0 Å². The number of hydrogen-bond acceptors (Lipinski definition) is 8. The normalized spacial score (nSPS) is 15.8. The van der Waals surface area contributed by atoms with E-state index in [1.54, 1.807) is 30.3 Å². The Balaban J connectivity index is 1.28. The van der Waals surface area contributed by atoms with E-state index in [9.17, 15) is 14.4 Å². The number of ether oxygens (including phenoxy) is 4. The van der Waals surface area contributed by atoms with Crippen molar-refractivity contribution in [2.24, 2.45) is 0 Å². The Morgan fingerprint density at radius 2 is 1.97 bits per heavy atom. The summed E-state index contributed by atoms with van der Waals surface area (Å²) in [5.41, 5.74) is 1.73. The van der Waals surface area contributed by atoms with Crippen LogP contribution in [0.25, 0.3) is 6.08 Å². The highest BCUT2D eigenvalue weighted by Gasteiger charge is 2.34. The van der Waals surface area contributed by atoms with Crippen LogP contribution < -0.4 is 24.3 Å². The Morgan fingerprint density at radius 1 is 1.15 bits per heavy atom. The number of aryl methyl sites for hydroxylation is 1. The molecule has 2 heterocycles. The molecule has 4 rings (SSSR count). The number of hydrogen-bond donors (Lipinski definition) is 1. The quantitative estimate of drug-likeness (QED) is 0.588. The molecule has 2 aliphatic rings. The van der Waals surface area contributed by atoms with E-state index in [1.165, 1.54) is 7.11 Å². The van der Waals surface area contributed by atoms with Gasteiger partial charge in [-0.15, -0.1) is 0 Å². The lowest BCUT2D eigenvalue weighted by Gasteiger charge is -2.14. The van der Waals surface area contributed by atoms with Gasteiger partial charge in [0.25, 0.3) is 17.1 Å². The van der Waals surface area contributed by atoms with Gasteiger partial charge in [-0.2, -0.15) is 0 Å². The van der Waals surface area contributed by atoms with Gasteiger partial charge in [0.2, 0.25) is 6.79 Å². The van der Waals surface area contributed by atoms with E-state index in [0.717, 1.165) is 27.8 Å². The molecule has 33 heavy (non-hydrogen) atoms. The molecule has 10 heteroatoms. The van der Waals surface area contributed by atoms with Gasteiger partial charge in [0.15, 0.2) is 29.6 Å². The number of rotatable bonds is 8. The summed E-state index contributed by atoms with van der Waals surface area (Å²) in [7, 11) is 1.53. The van der Waals surface area contributed by atoms with Crippen molar-refractivity contribution >= 4 is 34.9 Å². The van der Waals surface area contributed by atoms with Crippen molar-refractivity contribution in [2.45, 2.75) is 6.92 Å². The second-order valence-corrected chi connectivity index (χ2v) is 8.23. The minimum Gasteiger partial charge on any atom is -0.493 e. The molecule has 9 nitrogen and oxygen atoms in total. The van der Waals surface area contributed by atoms with E-state index in [1.807, 2.05) is 19.1 Å². The molecule has 0 aromatic heterocycles. The highest BCUT2D eigenvalue weighted by Crippen LogP contribution is 2.36. The van der Waals surface area contributed by atoms with Crippen molar-refractivity contribution in [1.29, 1.82) is 0 Å². The van der Waals surface area contributed by atoms with Gasteiger partial charge in [-0.3, -0.25) is 19.3 Å². The molecule has 2 aromatic carbocycles. The lowest BCUT2D eigenvalue weighted by atomic mass is 10.2. The van der Waals surface area contributed by atoms with Crippen LogP contribution in [0, 0.1) is 6.92 Å². The van der Waals surface area contributed by atoms with Gasteiger partial charge in [-0.25, -0.2) is 0 Å². The standard InChI is InChI=1S/C23H22N2O7S/c1-14-3-5-16(18(9-14)29-2)30-12-21(26)24-7-8-25-22(27)20(33-23(25)28)11-15-4-6-17-19(10-15)32-13-31-17/h3-6,9-11H,7-8,12-13H2,1-2H3,(H,24,26)/b20-11+. The molecule has 0 saturated carbocycles. The van der Waals surface area contributed by atoms with Gasteiger partial charge in [-0.1, -0.05) is 12.1 Å². The smallest absolute Gasteiger partial charge is 0.293 e. The third-order valence-electron chi connectivity index (χ3n) is 4.90. The number of imide groups is 1. The third kappa shape index (κ3) is 5.23.